The highest BCUT2D eigenvalue weighted by Gasteiger charge is 2.33. The minimum Gasteiger partial charge on any atom is -0.319 e. The molecule has 1 aliphatic rings. The Hall–Kier alpha value is -2.97. The van der Waals surface area contributed by atoms with Gasteiger partial charge in [0.1, 0.15) is 6.33 Å². The number of rotatable bonds is 3. The molecule has 1 N–H and O–H groups in total. The van der Waals surface area contributed by atoms with E-state index < -0.39 is 4.92 Å². The Labute approximate surface area is 138 Å². The fraction of sp³-hybridized carbons (Fsp3) is 0.400. The van der Waals surface area contributed by atoms with Crippen LogP contribution >= 0.6 is 0 Å². The molecular weight excluding hydrogens is 312 g/mol. The zero-order chi connectivity index (χ0) is 17.3. The topological polar surface area (TPSA) is 106 Å². The molecule has 2 aromatic rings. The van der Waals surface area contributed by atoms with E-state index in [0.717, 1.165) is 18.7 Å². The lowest BCUT2D eigenvalue weighted by Gasteiger charge is -2.24. The van der Waals surface area contributed by atoms with Gasteiger partial charge in [-0.3, -0.25) is 10.1 Å². The first-order chi connectivity index (χ1) is 11.5. The normalized spacial score (nSPS) is 17.1. The summed E-state index contributed by atoms with van der Waals surface area (Å²) in [5, 5.41) is 21.6. The number of benzene rings is 1. The van der Waals surface area contributed by atoms with Gasteiger partial charge in [0.2, 0.25) is 0 Å². The minimum absolute atomic E-state index is 0.0335. The Balaban J connectivity index is 1.76. The summed E-state index contributed by atoms with van der Waals surface area (Å²) in [6.07, 6.45) is 3.34. The van der Waals surface area contributed by atoms with Crippen LogP contribution in [0.1, 0.15) is 30.3 Å². The third-order valence-corrected chi connectivity index (χ3v) is 4.20. The predicted octanol–water partition coefficient (Wildman–Crippen LogP) is 2.40. The number of nitro benzene ring substituents is 1. The number of nitrogens with one attached hydrogen (secondary N) is 1. The van der Waals surface area contributed by atoms with E-state index in [1.165, 1.54) is 12.1 Å². The van der Waals surface area contributed by atoms with Crippen LogP contribution in [-0.4, -0.2) is 37.2 Å². The van der Waals surface area contributed by atoms with E-state index in [9.17, 15) is 14.9 Å². The SMILES string of the molecule is Cc1cc(NC(=O)N2CCCC2c2nncn2C)ccc1[N+](=O)[O-]. The van der Waals surface area contributed by atoms with Crippen LogP contribution in [0.4, 0.5) is 16.2 Å². The number of likely N-dealkylation sites (tertiary alicyclic amines) is 1. The molecule has 1 fully saturated rings. The van der Waals surface area contributed by atoms with Crippen molar-refractivity contribution in [3.05, 3.63) is 46.0 Å². The standard InChI is InChI=1S/C15H18N6O3/c1-10-8-11(5-6-12(10)21(23)24)17-15(22)20-7-3-4-13(20)14-18-16-9-19(14)2/h5-6,8-9,13H,3-4,7H2,1-2H3,(H,17,22). The molecule has 2 heterocycles. The van der Waals surface area contributed by atoms with Gasteiger partial charge in [0.05, 0.1) is 11.0 Å². The second-order valence-corrected chi connectivity index (χ2v) is 5.84. The number of carbonyl (C=O) groups excluding carboxylic acids is 1. The van der Waals surface area contributed by atoms with Gasteiger partial charge in [0.15, 0.2) is 5.82 Å². The van der Waals surface area contributed by atoms with Crippen molar-refractivity contribution in [2.75, 3.05) is 11.9 Å². The van der Waals surface area contributed by atoms with Crippen molar-refractivity contribution >= 4 is 17.4 Å². The maximum Gasteiger partial charge on any atom is 0.322 e. The van der Waals surface area contributed by atoms with Crippen molar-refractivity contribution in [1.29, 1.82) is 0 Å². The second kappa shape index (κ2) is 6.26. The van der Waals surface area contributed by atoms with Gasteiger partial charge in [0.25, 0.3) is 5.69 Å². The lowest BCUT2D eigenvalue weighted by molar-refractivity contribution is -0.385. The molecule has 1 aromatic carbocycles. The van der Waals surface area contributed by atoms with Gasteiger partial charge < -0.3 is 14.8 Å². The maximum absolute atomic E-state index is 12.6. The molecule has 0 bridgehead atoms. The van der Waals surface area contributed by atoms with Crippen LogP contribution in [0, 0.1) is 17.0 Å². The number of aryl methyl sites for hydroxylation is 2. The first-order valence-corrected chi connectivity index (χ1v) is 7.64. The van der Waals surface area contributed by atoms with Crippen molar-refractivity contribution < 1.29 is 9.72 Å². The Kier molecular flexibility index (Phi) is 4.15. The summed E-state index contributed by atoms with van der Waals surface area (Å²) in [4.78, 5) is 24.7. The van der Waals surface area contributed by atoms with Gasteiger partial charge >= 0.3 is 6.03 Å². The Morgan fingerprint density at radius 2 is 2.25 bits per heavy atom. The Morgan fingerprint density at radius 1 is 1.46 bits per heavy atom. The number of nitrogens with zero attached hydrogens (tertiary/aromatic N) is 5. The van der Waals surface area contributed by atoms with E-state index in [-0.39, 0.29) is 17.8 Å². The third-order valence-electron chi connectivity index (χ3n) is 4.20. The van der Waals surface area contributed by atoms with Crippen LogP contribution in [0.5, 0.6) is 0 Å². The third kappa shape index (κ3) is 2.92. The molecule has 9 nitrogen and oxygen atoms in total. The second-order valence-electron chi connectivity index (χ2n) is 5.84. The summed E-state index contributed by atoms with van der Waals surface area (Å²) in [5.41, 5.74) is 1.07. The van der Waals surface area contributed by atoms with E-state index in [4.69, 9.17) is 0 Å². The van der Waals surface area contributed by atoms with E-state index in [1.807, 2.05) is 11.6 Å². The van der Waals surface area contributed by atoms with Gasteiger partial charge in [-0.25, -0.2) is 4.79 Å². The summed E-state index contributed by atoms with van der Waals surface area (Å²) in [5.74, 6) is 0.752. The molecule has 0 aliphatic carbocycles. The smallest absolute Gasteiger partial charge is 0.319 e. The summed E-state index contributed by atoms with van der Waals surface area (Å²) in [6.45, 7) is 2.28. The fourth-order valence-corrected chi connectivity index (χ4v) is 3.01. The Bertz CT molecular complexity index is 787. The van der Waals surface area contributed by atoms with E-state index in [0.29, 0.717) is 17.8 Å². The summed E-state index contributed by atoms with van der Waals surface area (Å²) in [6, 6.07) is 4.18. The molecule has 0 spiro atoms. The first kappa shape index (κ1) is 15.9. The van der Waals surface area contributed by atoms with Crippen molar-refractivity contribution in [2.45, 2.75) is 25.8 Å². The minimum atomic E-state index is -0.439. The predicted molar refractivity (Wildman–Crippen MR) is 86.5 cm³/mol. The van der Waals surface area contributed by atoms with Crippen LogP contribution in [0.15, 0.2) is 24.5 Å². The van der Waals surface area contributed by atoms with Gasteiger partial charge in [-0.05, 0) is 31.9 Å². The average Bonchev–Trinajstić information content (AvgIpc) is 3.15. The van der Waals surface area contributed by atoms with Crippen LogP contribution in [-0.2, 0) is 7.05 Å². The molecule has 1 atom stereocenters. The molecule has 1 saturated heterocycles. The number of hydrogen-bond acceptors (Lipinski definition) is 5. The largest absolute Gasteiger partial charge is 0.322 e. The highest BCUT2D eigenvalue weighted by molar-refractivity contribution is 5.90. The lowest BCUT2D eigenvalue weighted by Crippen LogP contribution is -2.35. The van der Waals surface area contributed by atoms with Gasteiger partial charge in [-0.1, -0.05) is 0 Å². The molecule has 1 aromatic heterocycles. The van der Waals surface area contributed by atoms with Gasteiger partial charge in [-0.2, -0.15) is 0 Å². The zero-order valence-electron chi connectivity index (χ0n) is 13.5. The van der Waals surface area contributed by atoms with Crippen LogP contribution in [0.2, 0.25) is 0 Å². The van der Waals surface area contributed by atoms with Gasteiger partial charge in [0, 0.05) is 30.9 Å². The lowest BCUT2D eigenvalue weighted by atomic mass is 10.2. The number of nitro groups is 1. The highest BCUT2D eigenvalue weighted by atomic mass is 16.6. The summed E-state index contributed by atoms with van der Waals surface area (Å²) in [7, 11) is 1.85. The summed E-state index contributed by atoms with van der Waals surface area (Å²) >= 11 is 0. The number of urea groups is 1. The van der Waals surface area contributed by atoms with E-state index >= 15 is 0 Å². The van der Waals surface area contributed by atoms with Gasteiger partial charge in [-0.15, -0.1) is 10.2 Å². The van der Waals surface area contributed by atoms with Crippen molar-refractivity contribution in [2.24, 2.45) is 7.05 Å². The monoisotopic (exact) mass is 330 g/mol. The van der Waals surface area contributed by atoms with Crippen molar-refractivity contribution in [1.82, 2.24) is 19.7 Å². The van der Waals surface area contributed by atoms with E-state index in [1.54, 1.807) is 24.2 Å². The number of aromatic nitrogens is 3. The average molecular weight is 330 g/mol. The van der Waals surface area contributed by atoms with Crippen LogP contribution in [0.25, 0.3) is 0 Å². The molecule has 3 rings (SSSR count). The number of amides is 2. The summed E-state index contributed by atoms with van der Waals surface area (Å²) < 4.78 is 1.81. The number of carbonyl (C=O) groups is 1. The molecule has 0 saturated carbocycles. The Morgan fingerprint density at radius 3 is 2.88 bits per heavy atom. The fourth-order valence-electron chi connectivity index (χ4n) is 3.01. The molecule has 1 unspecified atom stereocenters. The molecular formula is C15H18N6O3. The van der Waals surface area contributed by atoms with Crippen molar-refractivity contribution in [3.8, 4) is 0 Å². The quantitative estimate of drug-likeness (QED) is 0.687. The highest BCUT2D eigenvalue weighted by Crippen LogP contribution is 2.31. The molecule has 1 aliphatic heterocycles. The maximum atomic E-state index is 12.6. The molecule has 0 radical (unpaired) electrons. The van der Waals surface area contributed by atoms with Crippen molar-refractivity contribution in [3.63, 3.8) is 0 Å². The molecule has 24 heavy (non-hydrogen) atoms. The van der Waals surface area contributed by atoms with Crippen LogP contribution in [0.3, 0.4) is 0 Å². The van der Waals surface area contributed by atoms with E-state index in [2.05, 4.69) is 15.5 Å². The number of hydrogen-bond donors (Lipinski definition) is 1. The zero-order valence-corrected chi connectivity index (χ0v) is 13.5. The van der Waals surface area contributed by atoms with Crippen LogP contribution < -0.4 is 5.32 Å². The molecule has 9 heteroatoms. The first-order valence-electron chi connectivity index (χ1n) is 7.64. The number of anilines is 1. The molecule has 126 valence electrons. The molecule has 2 amide bonds.